The number of carbonyl (C=O) groups excluding carboxylic acids is 1. The van der Waals surface area contributed by atoms with E-state index in [9.17, 15) is 18.0 Å². The van der Waals surface area contributed by atoms with Gasteiger partial charge in [-0.2, -0.15) is 13.2 Å². The SMILES string of the molecule is COCCc1nnc(-c2ccn3c(-c4cccc(CC(=O)CCC(F)(F)F)c4)cnc3c2)s1. The summed E-state index contributed by atoms with van der Waals surface area (Å²) in [6.45, 7) is 0.588. The van der Waals surface area contributed by atoms with Gasteiger partial charge in [0.05, 0.1) is 24.9 Å². The van der Waals surface area contributed by atoms with Crippen LogP contribution in [0.3, 0.4) is 0 Å². The molecule has 0 saturated heterocycles. The van der Waals surface area contributed by atoms with Crippen molar-refractivity contribution in [3.63, 3.8) is 0 Å². The van der Waals surface area contributed by atoms with Gasteiger partial charge in [-0.25, -0.2) is 4.98 Å². The fourth-order valence-electron chi connectivity index (χ4n) is 3.43. The number of ether oxygens (including phenoxy) is 1. The van der Waals surface area contributed by atoms with Gasteiger partial charge in [-0.05, 0) is 23.8 Å². The molecule has 3 aromatic heterocycles. The van der Waals surface area contributed by atoms with E-state index in [1.807, 2.05) is 34.9 Å². The van der Waals surface area contributed by atoms with Gasteiger partial charge in [-0.1, -0.05) is 29.5 Å². The van der Waals surface area contributed by atoms with Crippen molar-refractivity contribution in [1.29, 1.82) is 0 Å². The second-order valence-corrected chi connectivity index (χ2v) is 8.62. The maximum absolute atomic E-state index is 12.4. The number of aromatic nitrogens is 4. The van der Waals surface area contributed by atoms with E-state index in [4.69, 9.17) is 4.74 Å². The molecule has 0 saturated carbocycles. The zero-order valence-electron chi connectivity index (χ0n) is 17.8. The Morgan fingerprint density at radius 3 is 2.79 bits per heavy atom. The van der Waals surface area contributed by atoms with E-state index in [2.05, 4.69) is 15.2 Å². The minimum Gasteiger partial charge on any atom is -0.384 e. The summed E-state index contributed by atoms with van der Waals surface area (Å²) in [6, 6.07) is 11.1. The summed E-state index contributed by atoms with van der Waals surface area (Å²) in [5.41, 5.74) is 3.95. The number of rotatable bonds is 9. The van der Waals surface area contributed by atoms with Crippen molar-refractivity contribution in [3.8, 4) is 21.8 Å². The van der Waals surface area contributed by atoms with Crippen molar-refractivity contribution >= 4 is 22.8 Å². The number of imidazole rings is 1. The third kappa shape index (κ3) is 5.82. The molecule has 172 valence electrons. The molecule has 4 aromatic rings. The number of fused-ring (bicyclic) bond motifs is 1. The monoisotopic (exact) mass is 474 g/mol. The number of methoxy groups -OCH3 is 1. The third-order valence-corrected chi connectivity index (χ3v) is 6.09. The van der Waals surface area contributed by atoms with Crippen LogP contribution in [0.5, 0.6) is 0 Å². The van der Waals surface area contributed by atoms with Gasteiger partial charge in [0.25, 0.3) is 0 Å². The largest absolute Gasteiger partial charge is 0.389 e. The van der Waals surface area contributed by atoms with E-state index in [1.165, 1.54) is 11.3 Å². The van der Waals surface area contributed by atoms with Gasteiger partial charge in [-0.3, -0.25) is 9.20 Å². The van der Waals surface area contributed by atoms with E-state index in [0.717, 1.165) is 32.5 Å². The Labute approximate surface area is 192 Å². The molecule has 4 rings (SSSR count). The molecule has 0 spiro atoms. The summed E-state index contributed by atoms with van der Waals surface area (Å²) < 4.78 is 44.1. The minimum atomic E-state index is -4.33. The summed E-state index contributed by atoms with van der Waals surface area (Å²) in [4.78, 5) is 16.5. The lowest BCUT2D eigenvalue weighted by Gasteiger charge is -2.07. The topological polar surface area (TPSA) is 69.4 Å². The number of carbonyl (C=O) groups is 1. The number of halogens is 3. The second-order valence-electron chi connectivity index (χ2n) is 7.56. The lowest BCUT2D eigenvalue weighted by Crippen LogP contribution is -2.12. The van der Waals surface area contributed by atoms with Crippen molar-refractivity contribution in [2.75, 3.05) is 13.7 Å². The molecule has 0 fully saturated rings. The molecule has 0 unspecified atom stereocenters. The highest BCUT2D eigenvalue weighted by Gasteiger charge is 2.27. The Morgan fingerprint density at radius 2 is 2.00 bits per heavy atom. The van der Waals surface area contributed by atoms with E-state index < -0.39 is 24.8 Å². The summed E-state index contributed by atoms with van der Waals surface area (Å²) in [5, 5.41) is 10.1. The Kier molecular flexibility index (Phi) is 6.85. The van der Waals surface area contributed by atoms with Crippen LogP contribution in [0, 0.1) is 0 Å². The van der Waals surface area contributed by atoms with Crippen LogP contribution in [0.1, 0.15) is 23.4 Å². The minimum absolute atomic E-state index is 0.0345. The average molecular weight is 475 g/mol. The van der Waals surface area contributed by atoms with Crippen LogP contribution in [-0.4, -0.2) is 45.3 Å². The number of pyridine rings is 1. The fourth-order valence-corrected chi connectivity index (χ4v) is 4.24. The standard InChI is InChI=1S/C23H21F3N4O2S/c1-32-10-7-21-28-29-22(33-21)17-6-9-30-19(14-27-20(30)13-17)16-4-2-3-15(11-16)12-18(31)5-8-23(24,25)26/h2-4,6,9,11,13-14H,5,7-8,10,12H2,1H3. The van der Waals surface area contributed by atoms with Gasteiger partial charge < -0.3 is 4.74 Å². The molecule has 0 N–H and O–H groups in total. The molecule has 1 aromatic carbocycles. The number of alkyl halides is 3. The Balaban J connectivity index is 1.53. The fraction of sp³-hybridized carbons (Fsp3) is 0.304. The lowest BCUT2D eigenvalue weighted by molar-refractivity contribution is -0.143. The van der Waals surface area contributed by atoms with E-state index in [0.29, 0.717) is 18.6 Å². The highest BCUT2D eigenvalue weighted by atomic mass is 32.1. The summed E-state index contributed by atoms with van der Waals surface area (Å²) >= 11 is 1.51. The first-order chi connectivity index (χ1) is 15.8. The molecular formula is C23H21F3N4O2S. The number of hydrogen-bond acceptors (Lipinski definition) is 6. The number of benzene rings is 1. The van der Waals surface area contributed by atoms with Gasteiger partial charge in [0, 0.05) is 43.7 Å². The Hall–Kier alpha value is -3.11. The maximum atomic E-state index is 12.4. The van der Waals surface area contributed by atoms with Crippen LogP contribution in [0.15, 0.2) is 48.8 Å². The van der Waals surface area contributed by atoms with Gasteiger partial charge in [0.1, 0.15) is 21.4 Å². The molecule has 10 heteroatoms. The maximum Gasteiger partial charge on any atom is 0.389 e. The molecule has 0 aliphatic heterocycles. The van der Waals surface area contributed by atoms with Crippen molar-refractivity contribution < 1.29 is 22.7 Å². The smallest absolute Gasteiger partial charge is 0.384 e. The van der Waals surface area contributed by atoms with Crippen molar-refractivity contribution in [1.82, 2.24) is 19.6 Å². The van der Waals surface area contributed by atoms with Crippen LogP contribution in [-0.2, 0) is 22.4 Å². The Bertz CT molecular complexity index is 1270. The van der Waals surface area contributed by atoms with E-state index >= 15 is 0 Å². The van der Waals surface area contributed by atoms with Crippen LogP contribution >= 0.6 is 11.3 Å². The van der Waals surface area contributed by atoms with Gasteiger partial charge in [-0.15, -0.1) is 10.2 Å². The molecule has 0 aliphatic carbocycles. The van der Waals surface area contributed by atoms with Crippen molar-refractivity contribution in [2.45, 2.75) is 31.9 Å². The van der Waals surface area contributed by atoms with E-state index in [1.54, 1.807) is 25.4 Å². The van der Waals surface area contributed by atoms with Crippen LogP contribution < -0.4 is 0 Å². The zero-order valence-corrected chi connectivity index (χ0v) is 18.6. The molecular weight excluding hydrogens is 453 g/mol. The van der Waals surface area contributed by atoms with Crippen LogP contribution in [0.25, 0.3) is 27.5 Å². The quantitative estimate of drug-likeness (QED) is 0.335. The number of Topliss-reactive ketones (excluding diaryl/α,β-unsaturated/α-hetero) is 1. The van der Waals surface area contributed by atoms with Gasteiger partial charge in [0.2, 0.25) is 0 Å². The molecule has 0 atom stereocenters. The highest BCUT2D eigenvalue weighted by molar-refractivity contribution is 7.14. The first-order valence-corrected chi connectivity index (χ1v) is 11.1. The molecule has 3 heterocycles. The molecule has 0 amide bonds. The first kappa shape index (κ1) is 23.1. The van der Waals surface area contributed by atoms with Gasteiger partial charge in [0.15, 0.2) is 0 Å². The zero-order chi connectivity index (χ0) is 23.4. The second kappa shape index (κ2) is 9.80. The number of nitrogens with zero attached hydrogens (tertiary/aromatic N) is 4. The lowest BCUT2D eigenvalue weighted by atomic mass is 10.0. The summed E-state index contributed by atoms with van der Waals surface area (Å²) in [7, 11) is 1.65. The summed E-state index contributed by atoms with van der Waals surface area (Å²) in [6.07, 6.45) is -1.63. The Morgan fingerprint density at radius 1 is 1.15 bits per heavy atom. The predicted molar refractivity (Wildman–Crippen MR) is 119 cm³/mol. The first-order valence-electron chi connectivity index (χ1n) is 10.3. The van der Waals surface area contributed by atoms with Crippen LogP contribution in [0.2, 0.25) is 0 Å². The number of hydrogen-bond donors (Lipinski definition) is 0. The van der Waals surface area contributed by atoms with Gasteiger partial charge >= 0.3 is 6.18 Å². The normalized spacial score (nSPS) is 11.9. The summed E-state index contributed by atoms with van der Waals surface area (Å²) in [5.74, 6) is -0.436. The molecule has 0 bridgehead atoms. The average Bonchev–Trinajstić information content (AvgIpc) is 3.43. The highest BCUT2D eigenvalue weighted by Crippen LogP contribution is 2.28. The molecule has 33 heavy (non-hydrogen) atoms. The van der Waals surface area contributed by atoms with Crippen molar-refractivity contribution in [2.24, 2.45) is 0 Å². The molecule has 0 aliphatic rings. The molecule has 0 radical (unpaired) electrons. The van der Waals surface area contributed by atoms with Crippen LogP contribution in [0.4, 0.5) is 13.2 Å². The predicted octanol–water partition coefficient (Wildman–Crippen LogP) is 5.16. The van der Waals surface area contributed by atoms with E-state index in [-0.39, 0.29) is 6.42 Å². The third-order valence-electron chi connectivity index (χ3n) is 5.06. The van der Waals surface area contributed by atoms with Crippen molar-refractivity contribution in [3.05, 3.63) is 59.4 Å². The molecule has 6 nitrogen and oxygen atoms in total. The number of ketones is 1.